The molecule has 0 saturated carbocycles. The predicted molar refractivity (Wildman–Crippen MR) is 93.4 cm³/mol. The Balaban J connectivity index is 1.35. The van der Waals surface area contributed by atoms with Gasteiger partial charge < -0.3 is 14.4 Å². The first kappa shape index (κ1) is 16.8. The zero-order valence-electron chi connectivity index (χ0n) is 14.4. The third-order valence-corrected chi connectivity index (χ3v) is 5.09. The van der Waals surface area contributed by atoms with Gasteiger partial charge in [0.05, 0.1) is 0 Å². The van der Waals surface area contributed by atoms with Crippen molar-refractivity contribution in [1.82, 2.24) is 9.88 Å². The molecule has 1 amide bonds. The molecule has 2 aliphatic rings. The standard InChI is InChI=1S/C20H21FN2O3/c21-17-5-1-2-6-18(17)25-13-20(24)23-14-8-9-15(23)12-16(11-14)26-19-7-3-4-10-22-19/h1-7,10,14-16H,8-9,11-13H2. The lowest BCUT2D eigenvalue weighted by molar-refractivity contribution is -0.139. The maximum atomic E-state index is 13.6. The van der Waals surface area contributed by atoms with E-state index in [1.165, 1.54) is 12.1 Å². The van der Waals surface area contributed by atoms with Gasteiger partial charge in [-0.25, -0.2) is 9.37 Å². The van der Waals surface area contributed by atoms with Gasteiger partial charge in [-0.05, 0) is 31.0 Å². The number of hydrogen-bond donors (Lipinski definition) is 0. The second-order valence-electron chi connectivity index (χ2n) is 6.78. The Kier molecular flexibility index (Phi) is 4.73. The first-order chi connectivity index (χ1) is 12.7. The van der Waals surface area contributed by atoms with Gasteiger partial charge in [-0.1, -0.05) is 18.2 Å². The Hall–Kier alpha value is -2.63. The smallest absolute Gasteiger partial charge is 0.261 e. The Morgan fingerprint density at radius 1 is 1.12 bits per heavy atom. The highest BCUT2D eigenvalue weighted by molar-refractivity contribution is 5.79. The molecule has 0 spiro atoms. The topological polar surface area (TPSA) is 51.7 Å². The van der Waals surface area contributed by atoms with E-state index < -0.39 is 5.82 Å². The van der Waals surface area contributed by atoms with Gasteiger partial charge in [0.1, 0.15) is 6.10 Å². The molecule has 1 aromatic carbocycles. The molecular formula is C20H21FN2O3. The van der Waals surface area contributed by atoms with Crippen LogP contribution in [0.3, 0.4) is 0 Å². The van der Waals surface area contributed by atoms with Gasteiger partial charge in [0.25, 0.3) is 5.91 Å². The number of carbonyl (C=O) groups excluding carboxylic acids is 1. The number of para-hydroxylation sites is 1. The molecule has 5 nitrogen and oxygen atoms in total. The lowest BCUT2D eigenvalue weighted by Gasteiger charge is -2.38. The molecule has 2 fully saturated rings. The largest absolute Gasteiger partial charge is 0.481 e. The summed E-state index contributed by atoms with van der Waals surface area (Å²) in [5.41, 5.74) is 0. The number of amides is 1. The van der Waals surface area contributed by atoms with Gasteiger partial charge in [-0.2, -0.15) is 0 Å². The number of aromatic nitrogens is 1. The van der Waals surface area contributed by atoms with Crippen molar-refractivity contribution in [2.24, 2.45) is 0 Å². The molecule has 2 unspecified atom stereocenters. The Morgan fingerprint density at radius 2 is 1.85 bits per heavy atom. The summed E-state index contributed by atoms with van der Waals surface area (Å²) in [4.78, 5) is 18.8. The number of benzene rings is 1. The number of halogens is 1. The molecule has 0 radical (unpaired) electrons. The van der Waals surface area contributed by atoms with E-state index in [1.807, 2.05) is 23.1 Å². The van der Waals surface area contributed by atoms with Gasteiger partial charge >= 0.3 is 0 Å². The maximum absolute atomic E-state index is 13.6. The highest BCUT2D eigenvalue weighted by Crippen LogP contribution is 2.37. The van der Waals surface area contributed by atoms with E-state index in [1.54, 1.807) is 18.3 Å². The van der Waals surface area contributed by atoms with Crippen molar-refractivity contribution < 1.29 is 18.7 Å². The Morgan fingerprint density at radius 3 is 2.54 bits per heavy atom. The van der Waals surface area contributed by atoms with Gasteiger partial charge in [0.2, 0.25) is 5.88 Å². The van der Waals surface area contributed by atoms with Crippen molar-refractivity contribution in [2.75, 3.05) is 6.61 Å². The van der Waals surface area contributed by atoms with Crippen molar-refractivity contribution in [3.63, 3.8) is 0 Å². The van der Waals surface area contributed by atoms with Crippen molar-refractivity contribution in [3.8, 4) is 11.6 Å². The summed E-state index contributed by atoms with van der Waals surface area (Å²) in [5.74, 6) is 0.198. The summed E-state index contributed by atoms with van der Waals surface area (Å²) in [6, 6.07) is 12.0. The van der Waals surface area contributed by atoms with Crippen LogP contribution in [0, 0.1) is 5.82 Å². The van der Waals surface area contributed by atoms with E-state index in [9.17, 15) is 9.18 Å². The summed E-state index contributed by atoms with van der Waals surface area (Å²) in [6.07, 6.45) is 5.30. The van der Waals surface area contributed by atoms with Crippen LogP contribution in [0.15, 0.2) is 48.7 Å². The number of nitrogens with zero attached hydrogens (tertiary/aromatic N) is 2. The minimum Gasteiger partial charge on any atom is -0.481 e. The summed E-state index contributed by atoms with van der Waals surface area (Å²) in [6.45, 7) is -0.139. The summed E-state index contributed by atoms with van der Waals surface area (Å²) in [5, 5.41) is 0. The van der Waals surface area contributed by atoms with Crippen LogP contribution in [-0.2, 0) is 4.79 Å². The van der Waals surface area contributed by atoms with E-state index in [4.69, 9.17) is 9.47 Å². The molecule has 3 heterocycles. The van der Waals surface area contributed by atoms with Crippen LogP contribution in [0.1, 0.15) is 25.7 Å². The molecule has 26 heavy (non-hydrogen) atoms. The summed E-state index contributed by atoms with van der Waals surface area (Å²) in [7, 11) is 0. The minimum absolute atomic E-state index is 0.0685. The molecule has 4 rings (SSSR count). The van der Waals surface area contributed by atoms with E-state index in [0.717, 1.165) is 25.7 Å². The molecule has 2 atom stereocenters. The van der Waals surface area contributed by atoms with E-state index in [-0.39, 0.29) is 36.5 Å². The van der Waals surface area contributed by atoms with Crippen molar-refractivity contribution in [1.29, 1.82) is 0 Å². The van der Waals surface area contributed by atoms with Crippen LogP contribution in [0.2, 0.25) is 0 Å². The molecule has 0 N–H and O–H groups in total. The zero-order chi connectivity index (χ0) is 17.9. The first-order valence-corrected chi connectivity index (χ1v) is 8.97. The highest BCUT2D eigenvalue weighted by Gasteiger charge is 2.44. The molecule has 136 valence electrons. The van der Waals surface area contributed by atoms with Gasteiger partial charge in [0.15, 0.2) is 18.2 Å². The molecule has 1 aromatic heterocycles. The lowest BCUT2D eigenvalue weighted by Crippen LogP contribution is -2.50. The third kappa shape index (κ3) is 3.49. The van der Waals surface area contributed by atoms with Crippen LogP contribution in [0.4, 0.5) is 4.39 Å². The quantitative estimate of drug-likeness (QED) is 0.826. The Labute approximate surface area is 151 Å². The first-order valence-electron chi connectivity index (χ1n) is 8.97. The highest BCUT2D eigenvalue weighted by atomic mass is 19.1. The van der Waals surface area contributed by atoms with Gasteiger partial charge in [-0.15, -0.1) is 0 Å². The number of fused-ring (bicyclic) bond motifs is 2. The van der Waals surface area contributed by atoms with Crippen molar-refractivity contribution in [2.45, 2.75) is 43.9 Å². The number of piperidine rings is 1. The molecular weight excluding hydrogens is 335 g/mol. The molecule has 2 aliphatic heterocycles. The molecule has 2 aromatic rings. The molecule has 2 saturated heterocycles. The number of pyridine rings is 1. The summed E-state index contributed by atoms with van der Waals surface area (Å²) >= 11 is 0. The predicted octanol–water partition coefficient (Wildman–Crippen LogP) is 3.20. The van der Waals surface area contributed by atoms with Crippen LogP contribution in [0.5, 0.6) is 11.6 Å². The van der Waals surface area contributed by atoms with Crippen LogP contribution in [-0.4, -0.2) is 40.6 Å². The fraction of sp³-hybridized carbons (Fsp3) is 0.400. The molecule has 2 bridgehead atoms. The van der Waals surface area contributed by atoms with Crippen LogP contribution in [0.25, 0.3) is 0 Å². The second kappa shape index (κ2) is 7.32. The normalized spacial score (nSPS) is 24.3. The average molecular weight is 356 g/mol. The average Bonchev–Trinajstić information content (AvgIpc) is 2.93. The number of hydrogen-bond acceptors (Lipinski definition) is 4. The van der Waals surface area contributed by atoms with Crippen molar-refractivity contribution in [3.05, 3.63) is 54.5 Å². The maximum Gasteiger partial charge on any atom is 0.261 e. The SMILES string of the molecule is O=C(COc1ccccc1F)N1C2CCC1CC(Oc1ccccn1)C2. The van der Waals surface area contributed by atoms with Crippen LogP contribution < -0.4 is 9.47 Å². The molecule has 6 heteroatoms. The van der Waals surface area contributed by atoms with Gasteiger partial charge in [0, 0.05) is 37.2 Å². The monoisotopic (exact) mass is 356 g/mol. The fourth-order valence-electron chi connectivity index (χ4n) is 3.99. The minimum atomic E-state index is -0.453. The fourth-order valence-corrected chi connectivity index (χ4v) is 3.99. The van der Waals surface area contributed by atoms with Gasteiger partial charge in [-0.3, -0.25) is 4.79 Å². The number of rotatable bonds is 5. The second-order valence-corrected chi connectivity index (χ2v) is 6.78. The van der Waals surface area contributed by atoms with E-state index in [2.05, 4.69) is 4.98 Å². The summed E-state index contributed by atoms with van der Waals surface area (Å²) < 4.78 is 25.0. The molecule has 0 aliphatic carbocycles. The van der Waals surface area contributed by atoms with Crippen LogP contribution >= 0.6 is 0 Å². The van der Waals surface area contributed by atoms with E-state index in [0.29, 0.717) is 5.88 Å². The zero-order valence-corrected chi connectivity index (χ0v) is 14.4. The number of carbonyl (C=O) groups is 1. The van der Waals surface area contributed by atoms with E-state index >= 15 is 0 Å². The number of ether oxygens (including phenoxy) is 2. The third-order valence-electron chi connectivity index (χ3n) is 5.09. The Bertz CT molecular complexity index is 757. The lowest BCUT2D eigenvalue weighted by atomic mass is 9.99. The van der Waals surface area contributed by atoms with Crippen molar-refractivity contribution >= 4 is 5.91 Å².